The van der Waals surface area contributed by atoms with E-state index in [4.69, 9.17) is 10.00 Å². The maximum Gasteiger partial charge on any atom is 0.243 e. The minimum Gasteiger partial charge on any atom is -0.496 e. The molecule has 6 heteroatoms. The van der Waals surface area contributed by atoms with E-state index >= 15 is 0 Å². The predicted octanol–water partition coefficient (Wildman–Crippen LogP) is 1.71. The molecule has 0 radical (unpaired) electrons. The van der Waals surface area contributed by atoms with Crippen molar-refractivity contribution in [2.45, 2.75) is 13.0 Å². The number of carbonyl (C=O) groups is 1. The number of hydrogen-bond acceptors (Lipinski definition) is 4. The summed E-state index contributed by atoms with van der Waals surface area (Å²) in [7, 11) is 5.01. The number of amides is 1. The van der Waals surface area contributed by atoms with Crippen LogP contribution in [0.15, 0.2) is 30.6 Å². The number of hydrogen-bond donors (Lipinski definition) is 0. The first-order valence-corrected chi connectivity index (χ1v) is 6.82. The van der Waals surface area contributed by atoms with Crippen LogP contribution in [0.1, 0.15) is 5.56 Å². The van der Waals surface area contributed by atoms with Crippen molar-refractivity contribution < 1.29 is 9.53 Å². The molecular weight excluding hydrogens is 280 g/mol. The van der Waals surface area contributed by atoms with Gasteiger partial charge in [-0.05, 0) is 17.7 Å². The number of carbonyl (C=O) groups excluding carboxylic acids is 1. The summed E-state index contributed by atoms with van der Waals surface area (Å²) < 4.78 is 6.85. The molecule has 0 spiro atoms. The maximum atomic E-state index is 11.7. The lowest BCUT2D eigenvalue weighted by molar-refractivity contribution is -0.129. The van der Waals surface area contributed by atoms with Gasteiger partial charge in [0.2, 0.25) is 5.91 Å². The van der Waals surface area contributed by atoms with E-state index in [0.717, 1.165) is 16.7 Å². The third kappa shape index (κ3) is 3.44. The molecule has 6 nitrogen and oxygen atoms in total. The highest BCUT2D eigenvalue weighted by atomic mass is 16.5. The average Bonchev–Trinajstić information content (AvgIpc) is 2.96. The molecular formula is C16H18N4O2. The molecule has 1 amide bonds. The van der Waals surface area contributed by atoms with Gasteiger partial charge in [-0.1, -0.05) is 6.07 Å². The van der Waals surface area contributed by atoms with Crippen LogP contribution in [0, 0.1) is 11.3 Å². The first-order chi connectivity index (χ1) is 10.5. The summed E-state index contributed by atoms with van der Waals surface area (Å²) in [6, 6.07) is 7.79. The van der Waals surface area contributed by atoms with Crippen LogP contribution in [-0.2, 0) is 17.8 Å². The molecule has 1 aromatic carbocycles. The van der Waals surface area contributed by atoms with Crippen molar-refractivity contribution in [3.05, 3.63) is 36.2 Å². The van der Waals surface area contributed by atoms with E-state index in [1.165, 1.54) is 4.90 Å². The number of rotatable bonds is 5. The molecule has 0 saturated carbocycles. The smallest absolute Gasteiger partial charge is 0.243 e. The van der Waals surface area contributed by atoms with Crippen molar-refractivity contribution >= 4 is 5.91 Å². The lowest BCUT2D eigenvalue weighted by Crippen LogP contribution is -2.26. The highest BCUT2D eigenvalue weighted by Crippen LogP contribution is 2.26. The molecule has 22 heavy (non-hydrogen) atoms. The van der Waals surface area contributed by atoms with Gasteiger partial charge in [0.25, 0.3) is 0 Å². The molecule has 0 aliphatic carbocycles. The Hall–Kier alpha value is -2.81. The van der Waals surface area contributed by atoms with Gasteiger partial charge in [0, 0.05) is 31.4 Å². The second-order valence-electron chi connectivity index (χ2n) is 5.08. The molecule has 0 aliphatic rings. The zero-order chi connectivity index (χ0) is 16.1. The van der Waals surface area contributed by atoms with Crippen LogP contribution in [0.2, 0.25) is 0 Å². The average molecular weight is 298 g/mol. The number of benzene rings is 1. The first-order valence-electron chi connectivity index (χ1n) is 6.82. The van der Waals surface area contributed by atoms with E-state index in [2.05, 4.69) is 11.2 Å². The number of likely N-dealkylation sites (N-methyl/N-ethyl adjacent to an activating group) is 1. The van der Waals surface area contributed by atoms with E-state index in [1.54, 1.807) is 32.1 Å². The Morgan fingerprint density at radius 1 is 1.41 bits per heavy atom. The van der Waals surface area contributed by atoms with Crippen LogP contribution in [-0.4, -0.2) is 41.8 Å². The summed E-state index contributed by atoms with van der Waals surface area (Å²) in [6.45, 7) is 0.203. The Bertz CT molecular complexity index is 713. The van der Waals surface area contributed by atoms with E-state index in [0.29, 0.717) is 5.75 Å². The van der Waals surface area contributed by atoms with Crippen LogP contribution in [0.5, 0.6) is 5.75 Å². The van der Waals surface area contributed by atoms with Crippen molar-refractivity contribution in [1.29, 1.82) is 5.26 Å². The zero-order valence-corrected chi connectivity index (χ0v) is 12.9. The number of nitriles is 1. The van der Waals surface area contributed by atoms with E-state index in [9.17, 15) is 4.79 Å². The second-order valence-corrected chi connectivity index (χ2v) is 5.08. The summed E-state index contributed by atoms with van der Waals surface area (Å²) >= 11 is 0. The molecule has 0 atom stereocenters. The fourth-order valence-corrected chi connectivity index (χ4v) is 2.06. The van der Waals surface area contributed by atoms with Gasteiger partial charge < -0.3 is 9.64 Å². The fraction of sp³-hybridized carbons (Fsp3) is 0.312. The van der Waals surface area contributed by atoms with Gasteiger partial charge >= 0.3 is 0 Å². The Morgan fingerprint density at radius 2 is 2.18 bits per heavy atom. The lowest BCUT2D eigenvalue weighted by atomic mass is 10.0. The number of nitrogens with zero attached hydrogens (tertiary/aromatic N) is 4. The van der Waals surface area contributed by atoms with Gasteiger partial charge in [-0.2, -0.15) is 10.4 Å². The molecule has 0 bridgehead atoms. The Kier molecular flexibility index (Phi) is 4.79. The zero-order valence-electron chi connectivity index (χ0n) is 12.9. The molecule has 0 fully saturated rings. The van der Waals surface area contributed by atoms with Crippen molar-refractivity contribution in [3.63, 3.8) is 0 Å². The minimum atomic E-state index is -0.0189. The molecule has 0 aliphatic heterocycles. The second kappa shape index (κ2) is 6.76. The Morgan fingerprint density at radius 3 is 2.82 bits per heavy atom. The highest BCUT2D eigenvalue weighted by Gasteiger charge is 2.10. The summed E-state index contributed by atoms with van der Waals surface area (Å²) in [5.41, 5.74) is 2.67. The summed E-state index contributed by atoms with van der Waals surface area (Å²) in [5, 5.41) is 13.1. The topological polar surface area (TPSA) is 71.2 Å². The molecule has 2 rings (SSSR count). The first kappa shape index (κ1) is 15.6. The van der Waals surface area contributed by atoms with E-state index in [-0.39, 0.29) is 18.9 Å². The van der Waals surface area contributed by atoms with Gasteiger partial charge in [-0.3, -0.25) is 9.48 Å². The molecule has 0 unspecified atom stereocenters. The van der Waals surface area contributed by atoms with E-state index in [1.807, 2.05) is 24.4 Å². The normalized spacial score (nSPS) is 10.1. The van der Waals surface area contributed by atoms with Crippen LogP contribution in [0.4, 0.5) is 0 Å². The summed E-state index contributed by atoms with van der Waals surface area (Å²) in [4.78, 5) is 13.2. The predicted molar refractivity (Wildman–Crippen MR) is 82.2 cm³/mol. The van der Waals surface area contributed by atoms with Crippen molar-refractivity contribution in [3.8, 4) is 22.9 Å². The SMILES string of the molecule is COc1ccc(-c2cnn(CC(=O)N(C)C)c2)cc1CC#N. The van der Waals surface area contributed by atoms with Gasteiger partial charge in [-0.25, -0.2) is 0 Å². The van der Waals surface area contributed by atoms with Gasteiger partial charge in [-0.15, -0.1) is 0 Å². The third-order valence-electron chi connectivity index (χ3n) is 3.31. The monoisotopic (exact) mass is 298 g/mol. The Labute approximate surface area is 129 Å². The molecule has 1 heterocycles. The standard InChI is InChI=1S/C16H18N4O2/c1-19(2)16(21)11-20-10-14(9-18-20)12-4-5-15(22-3)13(8-12)6-7-17/h4-5,8-10H,6,11H2,1-3H3. The quantitative estimate of drug-likeness (QED) is 0.842. The van der Waals surface area contributed by atoms with Gasteiger partial charge in [0.05, 0.1) is 25.8 Å². The number of aromatic nitrogens is 2. The van der Waals surface area contributed by atoms with Crippen molar-refractivity contribution in [2.24, 2.45) is 0 Å². The molecule has 2 aromatic rings. The summed E-state index contributed by atoms with van der Waals surface area (Å²) in [5.74, 6) is 0.676. The Balaban J connectivity index is 2.26. The van der Waals surface area contributed by atoms with Crippen LogP contribution < -0.4 is 4.74 Å². The lowest BCUT2D eigenvalue weighted by Gasteiger charge is -2.09. The van der Waals surface area contributed by atoms with Gasteiger partial charge in [0.15, 0.2) is 0 Å². The van der Waals surface area contributed by atoms with Crippen LogP contribution in [0.3, 0.4) is 0 Å². The molecule has 0 N–H and O–H groups in total. The molecule has 1 aromatic heterocycles. The van der Waals surface area contributed by atoms with Gasteiger partial charge in [0.1, 0.15) is 12.3 Å². The third-order valence-corrected chi connectivity index (χ3v) is 3.31. The van der Waals surface area contributed by atoms with Crippen LogP contribution in [0.25, 0.3) is 11.1 Å². The van der Waals surface area contributed by atoms with E-state index < -0.39 is 0 Å². The summed E-state index contributed by atoms with van der Waals surface area (Å²) in [6.07, 6.45) is 3.81. The maximum absolute atomic E-state index is 11.7. The van der Waals surface area contributed by atoms with Crippen molar-refractivity contribution in [1.82, 2.24) is 14.7 Å². The fourth-order valence-electron chi connectivity index (χ4n) is 2.06. The molecule has 114 valence electrons. The minimum absolute atomic E-state index is 0.0189. The molecule has 0 saturated heterocycles. The highest BCUT2D eigenvalue weighted by molar-refractivity contribution is 5.75. The number of ether oxygens (including phenoxy) is 1. The number of methoxy groups -OCH3 is 1. The van der Waals surface area contributed by atoms with Crippen molar-refractivity contribution in [2.75, 3.05) is 21.2 Å². The largest absolute Gasteiger partial charge is 0.496 e. The van der Waals surface area contributed by atoms with Crippen LogP contribution >= 0.6 is 0 Å².